The Morgan fingerprint density at radius 3 is 1.63 bits per heavy atom. The van der Waals surface area contributed by atoms with Gasteiger partial charge < -0.3 is 0 Å². The van der Waals surface area contributed by atoms with Crippen LogP contribution in [-0.2, 0) is 0 Å². The molecule has 1 aromatic heterocycles. The second-order valence-corrected chi connectivity index (χ2v) is 9.75. The third-order valence-electron chi connectivity index (χ3n) is 6.63. The van der Waals surface area contributed by atoms with Crippen LogP contribution in [0.4, 0.5) is 0 Å². The van der Waals surface area contributed by atoms with Gasteiger partial charge in [-0.1, -0.05) is 107 Å². The van der Waals surface area contributed by atoms with Crippen molar-refractivity contribution in [3.05, 3.63) is 121 Å². The van der Waals surface area contributed by atoms with Crippen molar-refractivity contribution in [3.63, 3.8) is 0 Å². The fourth-order valence-electron chi connectivity index (χ4n) is 4.80. The number of nitrogens with zero attached hydrogens (tertiary/aromatic N) is 2. The molecule has 35 heavy (non-hydrogen) atoms. The van der Waals surface area contributed by atoms with Crippen molar-refractivity contribution in [1.82, 2.24) is 9.55 Å². The molecule has 4 aromatic carbocycles. The fourth-order valence-corrected chi connectivity index (χ4v) is 4.80. The van der Waals surface area contributed by atoms with Crippen LogP contribution in [0.2, 0.25) is 0 Å². The van der Waals surface area contributed by atoms with Gasteiger partial charge in [-0.25, -0.2) is 4.98 Å². The summed E-state index contributed by atoms with van der Waals surface area (Å²) < 4.78 is 2.28. The summed E-state index contributed by atoms with van der Waals surface area (Å²) in [6.45, 7) is 9.14. The second kappa shape index (κ2) is 9.76. The van der Waals surface area contributed by atoms with E-state index in [1.165, 1.54) is 39.1 Å². The quantitative estimate of drug-likeness (QED) is 0.249. The minimum atomic E-state index is 0.366. The molecular formula is C33H32N2. The average molecular weight is 457 g/mol. The summed E-state index contributed by atoms with van der Waals surface area (Å²) in [7, 11) is 0. The van der Waals surface area contributed by atoms with E-state index in [0.717, 1.165) is 11.4 Å². The minimum Gasteiger partial charge on any atom is -0.299 e. The first kappa shape index (κ1) is 22.9. The molecule has 0 fully saturated rings. The molecule has 2 nitrogen and oxygen atoms in total. The lowest BCUT2D eigenvalue weighted by molar-refractivity contribution is 0.807. The lowest BCUT2D eigenvalue weighted by atomic mass is 9.87. The van der Waals surface area contributed by atoms with E-state index < -0.39 is 0 Å². The molecule has 0 saturated carbocycles. The predicted molar refractivity (Wildman–Crippen MR) is 148 cm³/mol. The lowest BCUT2D eigenvalue weighted by Crippen LogP contribution is -2.08. The van der Waals surface area contributed by atoms with E-state index in [2.05, 4.69) is 129 Å². The van der Waals surface area contributed by atoms with E-state index >= 15 is 0 Å². The second-order valence-electron chi connectivity index (χ2n) is 9.75. The first-order chi connectivity index (χ1) is 17.0. The van der Waals surface area contributed by atoms with Crippen molar-refractivity contribution in [1.29, 1.82) is 0 Å². The molecule has 0 saturated heterocycles. The molecule has 0 N–H and O–H groups in total. The minimum absolute atomic E-state index is 0.366. The maximum Gasteiger partial charge on any atom is 0.144 e. The summed E-state index contributed by atoms with van der Waals surface area (Å²) in [5, 5.41) is 0. The van der Waals surface area contributed by atoms with Crippen LogP contribution in [0.25, 0.3) is 39.3 Å². The van der Waals surface area contributed by atoms with Crippen LogP contribution >= 0.6 is 0 Å². The molecule has 0 amide bonds. The van der Waals surface area contributed by atoms with Gasteiger partial charge in [-0.2, -0.15) is 0 Å². The maximum absolute atomic E-state index is 4.75. The van der Waals surface area contributed by atoms with E-state index in [1.807, 2.05) is 12.3 Å². The summed E-state index contributed by atoms with van der Waals surface area (Å²) >= 11 is 0. The highest BCUT2D eigenvalue weighted by Gasteiger charge is 2.20. The van der Waals surface area contributed by atoms with Crippen molar-refractivity contribution >= 4 is 0 Å². The Bertz CT molecular complexity index is 1400. The number of benzene rings is 4. The van der Waals surface area contributed by atoms with E-state index in [1.54, 1.807) is 0 Å². The molecule has 2 heteroatoms. The van der Waals surface area contributed by atoms with Crippen molar-refractivity contribution in [2.75, 3.05) is 0 Å². The monoisotopic (exact) mass is 456 g/mol. The zero-order chi connectivity index (χ0) is 24.4. The van der Waals surface area contributed by atoms with Gasteiger partial charge in [0.1, 0.15) is 5.82 Å². The van der Waals surface area contributed by atoms with E-state index in [0.29, 0.717) is 11.8 Å². The summed E-state index contributed by atoms with van der Waals surface area (Å²) in [4.78, 5) is 4.75. The van der Waals surface area contributed by atoms with Gasteiger partial charge in [0.05, 0.1) is 5.69 Å². The first-order valence-electron chi connectivity index (χ1n) is 12.5. The predicted octanol–water partition coefficient (Wildman–Crippen LogP) is 9.12. The van der Waals surface area contributed by atoms with Gasteiger partial charge in [-0.3, -0.25) is 4.57 Å². The molecule has 0 radical (unpaired) electrons. The zero-order valence-electron chi connectivity index (χ0n) is 20.9. The normalized spacial score (nSPS) is 11.4. The van der Waals surface area contributed by atoms with Gasteiger partial charge in [0, 0.05) is 18.0 Å². The Kier molecular flexibility index (Phi) is 6.37. The Balaban J connectivity index is 1.70. The topological polar surface area (TPSA) is 17.8 Å². The summed E-state index contributed by atoms with van der Waals surface area (Å²) in [6.07, 6.45) is 4.01. The standard InChI is InChI=1S/C33H32N2/c1-23(2)30-21-29(28-17-11-16-27(20-28)25-12-7-5-8-13-25)22-31(24(3)4)32(30)35-19-18-34-33(35)26-14-9-6-10-15-26/h5-24H,1-4H3. The highest BCUT2D eigenvalue weighted by atomic mass is 15.1. The van der Waals surface area contributed by atoms with Gasteiger partial charge in [-0.15, -0.1) is 0 Å². The number of hydrogen-bond donors (Lipinski definition) is 0. The van der Waals surface area contributed by atoms with Crippen molar-refractivity contribution in [3.8, 4) is 39.3 Å². The first-order valence-corrected chi connectivity index (χ1v) is 12.5. The van der Waals surface area contributed by atoms with Crippen LogP contribution < -0.4 is 0 Å². The van der Waals surface area contributed by atoms with E-state index in [4.69, 9.17) is 4.98 Å². The molecule has 0 bridgehead atoms. The lowest BCUT2D eigenvalue weighted by Gasteiger charge is -2.24. The molecule has 0 aliphatic rings. The van der Waals surface area contributed by atoms with Crippen LogP contribution in [0, 0.1) is 0 Å². The summed E-state index contributed by atoms with van der Waals surface area (Å²) in [5.74, 6) is 1.71. The Hall–Kier alpha value is -3.91. The van der Waals surface area contributed by atoms with Crippen LogP contribution in [-0.4, -0.2) is 9.55 Å². The number of rotatable bonds is 6. The molecule has 0 unspecified atom stereocenters. The summed E-state index contributed by atoms with van der Waals surface area (Å²) in [6, 6.07) is 34.7. The largest absolute Gasteiger partial charge is 0.299 e. The SMILES string of the molecule is CC(C)c1cc(-c2cccc(-c3ccccc3)c2)cc(C(C)C)c1-n1ccnc1-c1ccccc1. The molecule has 174 valence electrons. The average Bonchev–Trinajstić information content (AvgIpc) is 3.38. The van der Waals surface area contributed by atoms with Crippen LogP contribution in [0.5, 0.6) is 0 Å². The third kappa shape index (κ3) is 4.57. The molecular weight excluding hydrogens is 424 g/mol. The van der Waals surface area contributed by atoms with Crippen LogP contribution in [0.3, 0.4) is 0 Å². The van der Waals surface area contributed by atoms with Crippen molar-refractivity contribution in [2.24, 2.45) is 0 Å². The van der Waals surface area contributed by atoms with Gasteiger partial charge in [0.25, 0.3) is 0 Å². The summed E-state index contributed by atoms with van der Waals surface area (Å²) in [5.41, 5.74) is 10.1. The van der Waals surface area contributed by atoms with Crippen molar-refractivity contribution < 1.29 is 0 Å². The molecule has 1 heterocycles. The van der Waals surface area contributed by atoms with Gasteiger partial charge >= 0.3 is 0 Å². The van der Waals surface area contributed by atoms with E-state index in [-0.39, 0.29) is 0 Å². The Labute approximate surface area is 208 Å². The van der Waals surface area contributed by atoms with E-state index in [9.17, 15) is 0 Å². The molecule has 0 aliphatic carbocycles. The van der Waals surface area contributed by atoms with Crippen LogP contribution in [0.1, 0.15) is 50.7 Å². The molecule has 5 aromatic rings. The van der Waals surface area contributed by atoms with Gasteiger partial charge in [0.2, 0.25) is 0 Å². The zero-order valence-corrected chi connectivity index (χ0v) is 20.9. The highest BCUT2D eigenvalue weighted by Crippen LogP contribution is 2.38. The number of imidazole rings is 1. The smallest absolute Gasteiger partial charge is 0.144 e. The fraction of sp³-hybridized carbons (Fsp3) is 0.182. The maximum atomic E-state index is 4.75. The highest BCUT2D eigenvalue weighted by molar-refractivity contribution is 5.76. The van der Waals surface area contributed by atoms with Gasteiger partial charge in [0.15, 0.2) is 0 Å². The molecule has 0 spiro atoms. The van der Waals surface area contributed by atoms with Gasteiger partial charge in [-0.05, 0) is 63.4 Å². The molecule has 0 atom stereocenters. The Morgan fingerprint density at radius 2 is 1.06 bits per heavy atom. The number of hydrogen-bond acceptors (Lipinski definition) is 1. The number of aromatic nitrogens is 2. The Morgan fingerprint density at radius 1 is 0.543 bits per heavy atom. The molecule has 0 aliphatic heterocycles. The molecule has 5 rings (SSSR count). The van der Waals surface area contributed by atoms with Crippen molar-refractivity contribution in [2.45, 2.75) is 39.5 Å². The third-order valence-corrected chi connectivity index (χ3v) is 6.63. The van der Waals surface area contributed by atoms with Crippen LogP contribution in [0.15, 0.2) is 109 Å².